The summed E-state index contributed by atoms with van der Waals surface area (Å²) < 4.78 is 1.16. The smallest absolute Gasteiger partial charge is 0.243 e. The topological polar surface area (TPSA) is 32.3 Å². The summed E-state index contributed by atoms with van der Waals surface area (Å²) in [4.78, 5) is 14.1. The second-order valence-electron chi connectivity index (χ2n) is 4.42. The van der Waals surface area contributed by atoms with Gasteiger partial charge in [-0.15, -0.1) is 0 Å². The molecule has 4 heteroatoms. The fourth-order valence-corrected chi connectivity index (χ4v) is 3.38. The molecule has 2 unspecified atom stereocenters. The van der Waals surface area contributed by atoms with Crippen LogP contribution in [-0.2, 0) is 4.79 Å². The highest BCUT2D eigenvalue weighted by Crippen LogP contribution is 2.36. The molecule has 2 heterocycles. The lowest BCUT2D eigenvalue weighted by molar-refractivity contribution is -0.125. The van der Waals surface area contributed by atoms with Crippen molar-refractivity contribution in [3.05, 3.63) is 10.7 Å². The van der Waals surface area contributed by atoms with Gasteiger partial charge in [-0.2, -0.15) is 0 Å². The van der Waals surface area contributed by atoms with Crippen LogP contribution < -0.4 is 5.32 Å². The van der Waals surface area contributed by atoms with Crippen molar-refractivity contribution in [2.75, 3.05) is 0 Å². The van der Waals surface area contributed by atoms with E-state index in [0.717, 1.165) is 23.7 Å². The zero-order valence-corrected chi connectivity index (χ0v) is 9.46. The number of hydrogen-bond acceptors (Lipinski definition) is 2. The molecule has 14 heavy (non-hydrogen) atoms. The maximum atomic E-state index is 11.8. The zero-order valence-electron chi connectivity index (χ0n) is 7.87. The summed E-state index contributed by atoms with van der Waals surface area (Å²) in [7, 11) is 0. The van der Waals surface area contributed by atoms with Crippen molar-refractivity contribution in [2.24, 2.45) is 0 Å². The van der Waals surface area contributed by atoms with E-state index < -0.39 is 0 Å². The molecular formula is C10H13BrN2O. The van der Waals surface area contributed by atoms with E-state index in [-0.39, 0.29) is 11.9 Å². The van der Waals surface area contributed by atoms with E-state index in [2.05, 4.69) is 32.3 Å². The van der Waals surface area contributed by atoms with Crippen LogP contribution in [-0.4, -0.2) is 28.9 Å². The van der Waals surface area contributed by atoms with Gasteiger partial charge in [0.25, 0.3) is 0 Å². The normalized spacial score (nSPS) is 40.4. The summed E-state index contributed by atoms with van der Waals surface area (Å²) in [6.45, 7) is 0. The Morgan fingerprint density at radius 1 is 1.50 bits per heavy atom. The molecule has 1 N–H and O–H groups in total. The van der Waals surface area contributed by atoms with Crippen molar-refractivity contribution in [1.82, 2.24) is 10.2 Å². The molecule has 0 aromatic carbocycles. The molecule has 0 radical (unpaired) electrons. The predicted octanol–water partition coefficient (Wildman–Crippen LogP) is 1.35. The first-order chi connectivity index (χ1) is 6.74. The number of nitrogens with one attached hydrogen (secondary N) is 1. The molecule has 0 aromatic heterocycles. The summed E-state index contributed by atoms with van der Waals surface area (Å²) in [6.07, 6.45) is 6.44. The van der Waals surface area contributed by atoms with Gasteiger partial charge in [-0.1, -0.05) is 15.9 Å². The summed E-state index contributed by atoms with van der Waals surface area (Å²) in [5.74, 6) is 0.211. The van der Waals surface area contributed by atoms with Crippen LogP contribution in [0.3, 0.4) is 0 Å². The highest BCUT2D eigenvalue weighted by molar-refractivity contribution is 9.11. The minimum Gasteiger partial charge on any atom is -0.361 e. The molecule has 0 spiro atoms. The molecule has 3 atom stereocenters. The minimum absolute atomic E-state index is 0.0553. The molecule has 1 saturated heterocycles. The molecule has 76 valence electrons. The summed E-state index contributed by atoms with van der Waals surface area (Å²) in [5.41, 5.74) is 0. The van der Waals surface area contributed by atoms with Gasteiger partial charge < -0.3 is 10.2 Å². The number of rotatable bonds is 0. The minimum atomic E-state index is 0.0553. The van der Waals surface area contributed by atoms with Crippen molar-refractivity contribution in [1.29, 1.82) is 0 Å². The van der Waals surface area contributed by atoms with Crippen LogP contribution in [0.4, 0.5) is 0 Å². The maximum Gasteiger partial charge on any atom is 0.243 e. The molecule has 2 bridgehead atoms. The summed E-state index contributed by atoms with van der Waals surface area (Å²) in [5, 5.41) is 3.13. The Morgan fingerprint density at radius 3 is 3.21 bits per heavy atom. The molecule has 2 aliphatic heterocycles. The molecule has 3 rings (SSSR count). The van der Waals surface area contributed by atoms with E-state index in [1.165, 1.54) is 6.42 Å². The number of amides is 1. The molecule has 0 aromatic rings. The van der Waals surface area contributed by atoms with Crippen molar-refractivity contribution < 1.29 is 4.79 Å². The maximum absolute atomic E-state index is 11.8. The van der Waals surface area contributed by atoms with Gasteiger partial charge in [0, 0.05) is 29.2 Å². The average molecular weight is 257 g/mol. The highest BCUT2D eigenvalue weighted by atomic mass is 79.9. The van der Waals surface area contributed by atoms with Gasteiger partial charge in [0.2, 0.25) is 5.91 Å². The Bertz CT molecular complexity index is 315. The van der Waals surface area contributed by atoms with Gasteiger partial charge in [-0.25, -0.2) is 0 Å². The highest BCUT2D eigenvalue weighted by Gasteiger charge is 2.42. The van der Waals surface area contributed by atoms with Crippen LogP contribution in [0.2, 0.25) is 0 Å². The van der Waals surface area contributed by atoms with Gasteiger partial charge in [0.1, 0.15) is 6.04 Å². The lowest BCUT2D eigenvalue weighted by atomic mass is 10.1. The molecular weight excluding hydrogens is 244 g/mol. The third-order valence-corrected chi connectivity index (χ3v) is 4.04. The monoisotopic (exact) mass is 256 g/mol. The Labute approximate surface area is 91.7 Å². The molecule has 1 amide bonds. The quantitative estimate of drug-likeness (QED) is 0.710. The number of carbonyl (C=O) groups excluding carboxylic acids is 1. The largest absolute Gasteiger partial charge is 0.361 e. The van der Waals surface area contributed by atoms with Crippen LogP contribution in [0.15, 0.2) is 10.7 Å². The standard InChI is InChI=1S/C10H13BrN2O/c11-6-3-9-10(14)12-7-1-2-8(4-7)13(9)5-6/h5,7-9H,1-4H2,(H,12,14)/t7?,8-,9?/m0/s1. The van der Waals surface area contributed by atoms with E-state index in [0.29, 0.717) is 12.1 Å². The van der Waals surface area contributed by atoms with Crippen LogP contribution >= 0.6 is 15.9 Å². The second kappa shape index (κ2) is 2.99. The number of hydrogen-bond donors (Lipinski definition) is 1. The molecule has 3 nitrogen and oxygen atoms in total. The lowest BCUT2D eigenvalue weighted by Crippen LogP contribution is -2.44. The molecule has 1 aliphatic carbocycles. The molecule has 1 saturated carbocycles. The summed E-state index contributed by atoms with van der Waals surface area (Å²) >= 11 is 3.49. The number of fused-ring (bicyclic) bond motifs is 4. The van der Waals surface area contributed by atoms with Crippen LogP contribution in [0.1, 0.15) is 25.7 Å². The Balaban J connectivity index is 1.93. The summed E-state index contributed by atoms with van der Waals surface area (Å²) in [6, 6.07) is 1.07. The fraction of sp³-hybridized carbons (Fsp3) is 0.700. The Kier molecular flexibility index (Phi) is 1.87. The predicted molar refractivity (Wildman–Crippen MR) is 56.8 cm³/mol. The number of halogens is 1. The van der Waals surface area contributed by atoms with Gasteiger partial charge in [-0.05, 0) is 19.3 Å². The number of carbonyl (C=O) groups is 1. The first-order valence-corrected chi connectivity index (χ1v) is 5.97. The van der Waals surface area contributed by atoms with E-state index in [4.69, 9.17) is 0 Å². The first-order valence-electron chi connectivity index (χ1n) is 5.18. The lowest BCUT2D eigenvalue weighted by Gasteiger charge is -2.28. The SMILES string of the molecule is O=C1NC2CC[C@@H](C2)N2C=C(Br)CC12. The fourth-order valence-electron chi connectivity index (χ4n) is 2.84. The van der Waals surface area contributed by atoms with Gasteiger partial charge in [-0.3, -0.25) is 4.79 Å². The number of nitrogens with zero attached hydrogens (tertiary/aromatic N) is 1. The Hall–Kier alpha value is -0.510. The van der Waals surface area contributed by atoms with E-state index in [9.17, 15) is 4.79 Å². The Morgan fingerprint density at radius 2 is 2.36 bits per heavy atom. The zero-order chi connectivity index (χ0) is 9.71. The molecule has 2 fully saturated rings. The van der Waals surface area contributed by atoms with E-state index in [1.807, 2.05) is 0 Å². The van der Waals surface area contributed by atoms with Gasteiger partial charge >= 0.3 is 0 Å². The van der Waals surface area contributed by atoms with Crippen LogP contribution in [0, 0.1) is 0 Å². The third kappa shape index (κ3) is 1.20. The average Bonchev–Trinajstić information content (AvgIpc) is 2.68. The van der Waals surface area contributed by atoms with Gasteiger partial charge in [0.05, 0.1) is 0 Å². The van der Waals surface area contributed by atoms with E-state index >= 15 is 0 Å². The molecule has 3 aliphatic rings. The second-order valence-corrected chi connectivity index (χ2v) is 5.43. The van der Waals surface area contributed by atoms with Crippen LogP contribution in [0.5, 0.6) is 0 Å². The van der Waals surface area contributed by atoms with Crippen molar-refractivity contribution in [2.45, 2.75) is 43.8 Å². The first kappa shape index (κ1) is 8.77. The van der Waals surface area contributed by atoms with Crippen LogP contribution in [0.25, 0.3) is 0 Å². The van der Waals surface area contributed by atoms with E-state index in [1.54, 1.807) is 0 Å². The van der Waals surface area contributed by atoms with Crippen molar-refractivity contribution in [3.8, 4) is 0 Å². The van der Waals surface area contributed by atoms with Crippen molar-refractivity contribution in [3.63, 3.8) is 0 Å². The van der Waals surface area contributed by atoms with Crippen molar-refractivity contribution >= 4 is 21.8 Å². The van der Waals surface area contributed by atoms with Gasteiger partial charge in [0.15, 0.2) is 0 Å². The third-order valence-electron chi connectivity index (χ3n) is 3.51.